The normalized spacial score (nSPS) is 10.7. The van der Waals surface area contributed by atoms with Gasteiger partial charge < -0.3 is 0 Å². The van der Waals surface area contributed by atoms with Crippen molar-refractivity contribution in [3.05, 3.63) is 65.2 Å². The van der Waals surface area contributed by atoms with Crippen LogP contribution < -0.4 is 0 Å². The minimum atomic E-state index is 0.0543. The summed E-state index contributed by atoms with van der Waals surface area (Å²) in [6, 6.07) is 15.1. The van der Waals surface area contributed by atoms with Crippen LogP contribution in [0.3, 0.4) is 0 Å². The Kier molecular flexibility index (Phi) is 3.87. The minimum Gasteiger partial charge on any atom is -0.289 e. The molecule has 0 radical (unpaired) electrons. The van der Waals surface area contributed by atoms with E-state index in [2.05, 4.69) is 26.5 Å². The average Bonchev–Trinajstić information content (AvgIpc) is 2.39. The molecule has 0 aromatic heterocycles. The Morgan fingerprint density at radius 1 is 0.889 bits per heavy atom. The standard InChI is InChI=1S/C16H16OS/c1-11(2)12-3-5-13(6-4-12)16(17)14-7-9-15(18)10-8-14/h3-11,18H,1-2H3. The lowest BCUT2D eigenvalue weighted by atomic mass is 9.98. The zero-order valence-corrected chi connectivity index (χ0v) is 11.4. The first kappa shape index (κ1) is 12.9. The molecule has 0 aliphatic heterocycles. The van der Waals surface area contributed by atoms with Crippen LogP contribution in [-0.2, 0) is 0 Å². The second-order valence-corrected chi connectivity index (χ2v) is 5.17. The number of carbonyl (C=O) groups is 1. The minimum absolute atomic E-state index is 0.0543. The van der Waals surface area contributed by atoms with Crippen molar-refractivity contribution in [2.24, 2.45) is 0 Å². The number of ketones is 1. The van der Waals surface area contributed by atoms with Crippen LogP contribution in [0.25, 0.3) is 0 Å². The van der Waals surface area contributed by atoms with Gasteiger partial charge in [0.05, 0.1) is 0 Å². The molecule has 2 rings (SSSR count). The zero-order valence-electron chi connectivity index (χ0n) is 10.6. The van der Waals surface area contributed by atoms with E-state index < -0.39 is 0 Å². The third-order valence-electron chi connectivity index (χ3n) is 2.97. The highest BCUT2D eigenvalue weighted by Crippen LogP contribution is 2.17. The first-order valence-electron chi connectivity index (χ1n) is 6.01. The van der Waals surface area contributed by atoms with Gasteiger partial charge in [-0.25, -0.2) is 0 Å². The summed E-state index contributed by atoms with van der Waals surface area (Å²) in [5.74, 6) is 0.538. The second kappa shape index (κ2) is 5.40. The van der Waals surface area contributed by atoms with Gasteiger partial charge >= 0.3 is 0 Å². The highest BCUT2D eigenvalue weighted by Gasteiger charge is 2.09. The fraction of sp³-hybridized carbons (Fsp3) is 0.188. The van der Waals surface area contributed by atoms with E-state index >= 15 is 0 Å². The number of carbonyl (C=O) groups excluding carboxylic acids is 1. The summed E-state index contributed by atoms with van der Waals surface area (Å²) in [5, 5.41) is 0. The molecule has 0 fully saturated rings. The molecular weight excluding hydrogens is 240 g/mol. The second-order valence-electron chi connectivity index (χ2n) is 4.65. The van der Waals surface area contributed by atoms with E-state index in [-0.39, 0.29) is 5.78 Å². The molecule has 0 heterocycles. The lowest BCUT2D eigenvalue weighted by molar-refractivity contribution is 0.103. The van der Waals surface area contributed by atoms with Gasteiger partial charge in [-0.2, -0.15) is 0 Å². The summed E-state index contributed by atoms with van der Waals surface area (Å²) in [6.45, 7) is 4.28. The monoisotopic (exact) mass is 256 g/mol. The van der Waals surface area contributed by atoms with Gasteiger partial charge in [0.1, 0.15) is 0 Å². The van der Waals surface area contributed by atoms with Crippen molar-refractivity contribution >= 4 is 18.4 Å². The molecule has 0 aliphatic carbocycles. The summed E-state index contributed by atoms with van der Waals surface area (Å²) in [6.07, 6.45) is 0. The molecule has 0 saturated carbocycles. The van der Waals surface area contributed by atoms with Gasteiger partial charge in [0.25, 0.3) is 0 Å². The van der Waals surface area contributed by atoms with Gasteiger partial charge in [0.15, 0.2) is 5.78 Å². The van der Waals surface area contributed by atoms with Crippen molar-refractivity contribution in [1.82, 2.24) is 0 Å². The molecule has 0 saturated heterocycles. The number of hydrogen-bond donors (Lipinski definition) is 1. The van der Waals surface area contributed by atoms with Crippen molar-refractivity contribution < 1.29 is 4.79 Å². The van der Waals surface area contributed by atoms with Crippen LogP contribution >= 0.6 is 12.6 Å². The summed E-state index contributed by atoms with van der Waals surface area (Å²) in [4.78, 5) is 13.1. The molecule has 0 N–H and O–H groups in total. The first-order valence-corrected chi connectivity index (χ1v) is 6.46. The lowest BCUT2D eigenvalue weighted by Crippen LogP contribution is -2.01. The van der Waals surface area contributed by atoms with Crippen LogP contribution in [0.1, 0.15) is 41.3 Å². The number of thiol groups is 1. The molecule has 1 nitrogen and oxygen atoms in total. The SMILES string of the molecule is CC(C)c1ccc(C(=O)c2ccc(S)cc2)cc1. The van der Waals surface area contributed by atoms with Crippen molar-refractivity contribution in [3.8, 4) is 0 Å². The van der Waals surface area contributed by atoms with Crippen LogP contribution in [-0.4, -0.2) is 5.78 Å². The van der Waals surface area contributed by atoms with E-state index in [0.29, 0.717) is 11.5 Å². The maximum absolute atomic E-state index is 12.2. The van der Waals surface area contributed by atoms with Gasteiger partial charge in [-0.3, -0.25) is 4.79 Å². The Labute approximate surface area is 113 Å². The Morgan fingerprint density at radius 3 is 1.78 bits per heavy atom. The molecular formula is C16H16OS. The van der Waals surface area contributed by atoms with E-state index in [1.54, 1.807) is 12.1 Å². The van der Waals surface area contributed by atoms with Crippen LogP contribution in [0.5, 0.6) is 0 Å². The quantitative estimate of drug-likeness (QED) is 0.639. The van der Waals surface area contributed by atoms with Crippen LogP contribution in [0.15, 0.2) is 53.4 Å². The highest BCUT2D eigenvalue weighted by molar-refractivity contribution is 7.80. The predicted molar refractivity (Wildman–Crippen MR) is 77.7 cm³/mol. The summed E-state index contributed by atoms with van der Waals surface area (Å²) in [5.41, 5.74) is 2.67. The van der Waals surface area contributed by atoms with Crippen LogP contribution in [0.2, 0.25) is 0 Å². The van der Waals surface area contributed by atoms with Gasteiger partial charge in [-0.05, 0) is 35.7 Å². The maximum Gasteiger partial charge on any atom is 0.193 e. The average molecular weight is 256 g/mol. The number of hydrogen-bond acceptors (Lipinski definition) is 2. The molecule has 0 amide bonds. The number of rotatable bonds is 3. The third-order valence-corrected chi connectivity index (χ3v) is 3.27. The van der Waals surface area contributed by atoms with Crippen molar-refractivity contribution in [3.63, 3.8) is 0 Å². The molecule has 0 aliphatic rings. The molecule has 18 heavy (non-hydrogen) atoms. The third kappa shape index (κ3) is 2.82. The van der Waals surface area contributed by atoms with Gasteiger partial charge in [0, 0.05) is 16.0 Å². The largest absolute Gasteiger partial charge is 0.289 e. The maximum atomic E-state index is 12.2. The summed E-state index contributed by atoms with van der Waals surface area (Å²) in [7, 11) is 0. The molecule has 2 aromatic carbocycles. The van der Waals surface area contributed by atoms with Crippen LogP contribution in [0, 0.1) is 0 Å². The highest BCUT2D eigenvalue weighted by atomic mass is 32.1. The van der Waals surface area contributed by atoms with E-state index in [1.807, 2.05) is 36.4 Å². The molecule has 2 heteroatoms. The fourth-order valence-corrected chi connectivity index (χ4v) is 1.95. The van der Waals surface area contributed by atoms with Gasteiger partial charge in [0.2, 0.25) is 0 Å². The Hall–Kier alpha value is -1.54. The summed E-state index contributed by atoms with van der Waals surface area (Å²) < 4.78 is 0. The molecule has 92 valence electrons. The van der Waals surface area contributed by atoms with Gasteiger partial charge in [-0.15, -0.1) is 12.6 Å². The van der Waals surface area contributed by atoms with E-state index in [1.165, 1.54) is 5.56 Å². The summed E-state index contributed by atoms with van der Waals surface area (Å²) >= 11 is 4.21. The zero-order chi connectivity index (χ0) is 13.1. The Morgan fingerprint density at radius 2 is 1.33 bits per heavy atom. The molecule has 0 bridgehead atoms. The molecule has 0 atom stereocenters. The molecule has 0 spiro atoms. The van der Waals surface area contributed by atoms with Crippen molar-refractivity contribution in [1.29, 1.82) is 0 Å². The lowest BCUT2D eigenvalue weighted by Gasteiger charge is -2.06. The smallest absolute Gasteiger partial charge is 0.193 e. The van der Waals surface area contributed by atoms with E-state index in [4.69, 9.17) is 0 Å². The van der Waals surface area contributed by atoms with Crippen molar-refractivity contribution in [2.75, 3.05) is 0 Å². The molecule has 0 unspecified atom stereocenters. The van der Waals surface area contributed by atoms with Crippen LogP contribution in [0.4, 0.5) is 0 Å². The topological polar surface area (TPSA) is 17.1 Å². The fourth-order valence-electron chi connectivity index (χ4n) is 1.80. The Balaban J connectivity index is 2.26. The Bertz CT molecular complexity index is 538. The molecule has 2 aromatic rings. The van der Waals surface area contributed by atoms with E-state index in [9.17, 15) is 4.79 Å². The number of benzene rings is 2. The predicted octanol–water partition coefficient (Wildman–Crippen LogP) is 4.33. The van der Waals surface area contributed by atoms with Crippen molar-refractivity contribution in [2.45, 2.75) is 24.7 Å². The van der Waals surface area contributed by atoms with Gasteiger partial charge in [-0.1, -0.05) is 38.1 Å². The first-order chi connectivity index (χ1) is 8.58. The van der Waals surface area contributed by atoms with E-state index in [0.717, 1.165) is 10.5 Å².